The Bertz CT molecular complexity index is 420. The molecule has 1 unspecified atom stereocenters. The van der Waals surface area contributed by atoms with Gasteiger partial charge in [-0.05, 0) is 36.5 Å². The second kappa shape index (κ2) is 8.12. The molecule has 1 aromatic rings. The van der Waals surface area contributed by atoms with Gasteiger partial charge in [-0.15, -0.1) is 12.4 Å². The lowest BCUT2D eigenvalue weighted by Gasteiger charge is -2.32. The zero-order valence-corrected chi connectivity index (χ0v) is 12.7. The van der Waals surface area contributed by atoms with E-state index in [0.29, 0.717) is 12.3 Å². The minimum atomic E-state index is 0. The number of ether oxygens (including phenoxy) is 1. The molecule has 2 N–H and O–H groups in total. The molecular formula is C15H23ClN2O2. The number of hydrogen-bond donors (Lipinski definition) is 1. The number of methoxy groups -OCH3 is 1. The van der Waals surface area contributed by atoms with Gasteiger partial charge in [0.25, 0.3) is 0 Å². The summed E-state index contributed by atoms with van der Waals surface area (Å²) >= 11 is 0. The highest BCUT2D eigenvalue weighted by atomic mass is 35.5. The maximum atomic E-state index is 12.3. The number of anilines is 1. The van der Waals surface area contributed by atoms with Crippen molar-refractivity contribution in [1.29, 1.82) is 0 Å². The Labute approximate surface area is 126 Å². The maximum Gasteiger partial charge on any atom is 0.226 e. The normalized spacial score (nSPS) is 18.4. The van der Waals surface area contributed by atoms with Crippen molar-refractivity contribution in [2.24, 2.45) is 5.92 Å². The van der Waals surface area contributed by atoms with Crippen LogP contribution < -0.4 is 5.73 Å². The van der Waals surface area contributed by atoms with Crippen LogP contribution in [0.25, 0.3) is 0 Å². The van der Waals surface area contributed by atoms with Crippen molar-refractivity contribution in [3.63, 3.8) is 0 Å². The van der Waals surface area contributed by atoms with Crippen LogP contribution in [-0.2, 0) is 16.0 Å². The van der Waals surface area contributed by atoms with E-state index >= 15 is 0 Å². The van der Waals surface area contributed by atoms with E-state index < -0.39 is 0 Å². The number of nitrogens with two attached hydrogens (primary N) is 1. The van der Waals surface area contributed by atoms with Gasteiger partial charge in [-0.25, -0.2) is 0 Å². The molecule has 1 amide bonds. The topological polar surface area (TPSA) is 55.6 Å². The molecule has 1 heterocycles. The molecule has 1 atom stereocenters. The summed E-state index contributed by atoms with van der Waals surface area (Å²) < 4.78 is 5.19. The summed E-state index contributed by atoms with van der Waals surface area (Å²) in [4.78, 5) is 14.2. The zero-order chi connectivity index (χ0) is 13.7. The fourth-order valence-corrected chi connectivity index (χ4v) is 2.59. The first-order valence-electron chi connectivity index (χ1n) is 6.80. The van der Waals surface area contributed by atoms with Gasteiger partial charge >= 0.3 is 0 Å². The number of likely N-dealkylation sites (tertiary alicyclic amines) is 1. The van der Waals surface area contributed by atoms with Crippen molar-refractivity contribution in [2.45, 2.75) is 19.3 Å². The molecule has 0 radical (unpaired) electrons. The summed E-state index contributed by atoms with van der Waals surface area (Å²) in [5.74, 6) is 0.680. The standard InChI is InChI=1S/C15H22N2O2.ClH/c1-19-11-13-3-2-8-17(10-13)15(18)9-12-4-6-14(16)7-5-12;/h4-7,13H,2-3,8-11,16H2,1H3;1H. The number of halogens is 1. The van der Waals surface area contributed by atoms with Gasteiger partial charge in [-0.1, -0.05) is 12.1 Å². The van der Waals surface area contributed by atoms with E-state index in [1.165, 1.54) is 0 Å². The molecular weight excluding hydrogens is 276 g/mol. The number of hydrogen-bond acceptors (Lipinski definition) is 3. The van der Waals surface area contributed by atoms with Crippen LogP contribution in [0.3, 0.4) is 0 Å². The highest BCUT2D eigenvalue weighted by molar-refractivity contribution is 5.85. The third-order valence-electron chi connectivity index (χ3n) is 3.61. The van der Waals surface area contributed by atoms with Gasteiger partial charge in [-0.2, -0.15) is 0 Å². The molecule has 1 saturated heterocycles. The average Bonchev–Trinajstić information content (AvgIpc) is 2.42. The molecule has 0 aliphatic carbocycles. The Morgan fingerprint density at radius 2 is 2.10 bits per heavy atom. The largest absolute Gasteiger partial charge is 0.399 e. The summed E-state index contributed by atoms with van der Waals surface area (Å²) in [7, 11) is 1.72. The summed E-state index contributed by atoms with van der Waals surface area (Å²) in [6.07, 6.45) is 2.68. The quantitative estimate of drug-likeness (QED) is 0.866. The molecule has 0 spiro atoms. The summed E-state index contributed by atoms with van der Waals surface area (Å²) in [5.41, 5.74) is 7.39. The van der Waals surface area contributed by atoms with Crippen LogP contribution in [0.1, 0.15) is 18.4 Å². The second-order valence-electron chi connectivity index (χ2n) is 5.22. The SMILES string of the molecule is COCC1CCCN(C(=O)Cc2ccc(N)cc2)C1.Cl. The summed E-state index contributed by atoms with van der Waals surface area (Å²) in [6, 6.07) is 7.52. The number of benzene rings is 1. The number of amides is 1. The van der Waals surface area contributed by atoms with E-state index in [0.717, 1.165) is 43.8 Å². The first kappa shape index (κ1) is 16.8. The third-order valence-corrected chi connectivity index (χ3v) is 3.61. The first-order chi connectivity index (χ1) is 9.19. The van der Waals surface area contributed by atoms with E-state index in [-0.39, 0.29) is 18.3 Å². The Morgan fingerprint density at radius 1 is 1.40 bits per heavy atom. The number of carbonyl (C=O) groups excluding carboxylic acids is 1. The summed E-state index contributed by atoms with van der Waals surface area (Å²) in [5, 5.41) is 0. The van der Waals surface area contributed by atoms with Crippen LogP contribution in [0.2, 0.25) is 0 Å². The van der Waals surface area contributed by atoms with Crippen LogP contribution in [0.5, 0.6) is 0 Å². The van der Waals surface area contributed by atoms with Crippen molar-refractivity contribution in [3.8, 4) is 0 Å². The molecule has 1 fully saturated rings. The molecule has 1 aliphatic rings. The predicted molar refractivity (Wildman–Crippen MR) is 83.0 cm³/mol. The average molecular weight is 299 g/mol. The number of nitrogens with zero attached hydrogens (tertiary/aromatic N) is 1. The fraction of sp³-hybridized carbons (Fsp3) is 0.533. The maximum absolute atomic E-state index is 12.3. The number of piperidine rings is 1. The lowest BCUT2D eigenvalue weighted by molar-refractivity contribution is -0.132. The van der Waals surface area contributed by atoms with Gasteiger partial charge in [0, 0.05) is 25.9 Å². The zero-order valence-electron chi connectivity index (χ0n) is 11.9. The molecule has 0 aromatic heterocycles. The smallest absolute Gasteiger partial charge is 0.226 e. The molecule has 4 nitrogen and oxygen atoms in total. The van der Waals surface area contributed by atoms with Crippen molar-refractivity contribution >= 4 is 24.0 Å². The monoisotopic (exact) mass is 298 g/mol. The molecule has 5 heteroatoms. The van der Waals surface area contributed by atoms with E-state index in [2.05, 4.69) is 0 Å². The molecule has 112 valence electrons. The van der Waals surface area contributed by atoms with Gasteiger partial charge in [-0.3, -0.25) is 4.79 Å². The molecule has 1 aromatic carbocycles. The number of nitrogen functional groups attached to an aromatic ring is 1. The third kappa shape index (κ3) is 4.69. The molecule has 2 rings (SSSR count). The van der Waals surface area contributed by atoms with Gasteiger partial charge in [0.15, 0.2) is 0 Å². The van der Waals surface area contributed by atoms with Crippen molar-refractivity contribution in [2.75, 3.05) is 32.5 Å². The minimum Gasteiger partial charge on any atom is -0.399 e. The van der Waals surface area contributed by atoms with Gasteiger partial charge in [0.1, 0.15) is 0 Å². The van der Waals surface area contributed by atoms with Crippen molar-refractivity contribution in [1.82, 2.24) is 4.90 Å². The van der Waals surface area contributed by atoms with E-state index in [9.17, 15) is 4.79 Å². The van der Waals surface area contributed by atoms with Crippen LogP contribution in [-0.4, -0.2) is 37.6 Å². The minimum absolute atomic E-state index is 0. The van der Waals surface area contributed by atoms with Crippen LogP contribution in [0.15, 0.2) is 24.3 Å². The van der Waals surface area contributed by atoms with E-state index in [1.807, 2.05) is 29.2 Å². The Balaban J connectivity index is 0.00000200. The predicted octanol–water partition coefficient (Wildman–Crippen LogP) is 2.12. The Morgan fingerprint density at radius 3 is 2.75 bits per heavy atom. The van der Waals surface area contributed by atoms with Crippen molar-refractivity contribution < 1.29 is 9.53 Å². The summed E-state index contributed by atoms with van der Waals surface area (Å²) in [6.45, 7) is 2.43. The number of rotatable bonds is 4. The van der Waals surface area contributed by atoms with Crippen LogP contribution in [0.4, 0.5) is 5.69 Å². The molecule has 0 bridgehead atoms. The fourth-order valence-electron chi connectivity index (χ4n) is 2.59. The lowest BCUT2D eigenvalue weighted by Crippen LogP contribution is -2.41. The van der Waals surface area contributed by atoms with E-state index in [4.69, 9.17) is 10.5 Å². The highest BCUT2D eigenvalue weighted by Crippen LogP contribution is 2.18. The first-order valence-corrected chi connectivity index (χ1v) is 6.80. The number of carbonyl (C=O) groups is 1. The van der Waals surface area contributed by atoms with Gasteiger partial charge in [0.05, 0.1) is 13.0 Å². The highest BCUT2D eigenvalue weighted by Gasteiger charge is 2.23. The molecule has 1 aliphatic heterocycles. The second-order valence-corrected chi connectivity index (χ2v) is 5.22. The Kier molecular flexibility index (Phi) is 6.82. The van der Waals surface area contributed by atoms with Crippen molar-refractivity contribution in [3.05, 3.63) is 29.8 Å². The Hall–Kier alpha value is -1.26. The van der Waals surface area contributed by atoms with Crippen LogP contribution in [0, 0.1) is 5.92 Å². The van der Waals surface area contributed by atoms with E-state index in [1.54, 1.807) is 7.11 Å². The van der Waals surface area contributed by atoms with Gasteiger partial charge in [0.2, 0.25) is 5.91 Å². The molecule has 0 saturated carbocycles. The lowest BCUT2D eigenvalue weighted by atomic mass is 9.98. The van der Waals surface area contributed by atoms with Gasteiger partial charge < -0.3 is 15.4 Å². The molecule has 20 heavy (non-hydrogen) atoms. The van der Waals surface area contributed by atoms with Crippen LogP contribution >= 0.6 is 12.4 Å².